The average Bonchev–Trinajstić information content (AvgIpc) is 3.19. The summed E-state index contributed by atoms with van der Waals surface area (Å²) in [6, 6.07) is 16.5. The summed E-state index contributed by atoms with van der Waals surface area (Å²) >= 11 is 0. The fourth-order valence-corrected chi connectivity index (χ4v) is 4.78. The number of methoxy groups -OCH3 is 2. The number of fused-ring (bicyclic) bond motifs is 2. The zero-order valence-corrected chi connectivity index (χ0v) is 19.5. The molecule has 1 aliphatic carbocycles. The Labute approximate surface area is 194 Å². The molecule has 170 valence electrons. The van der Waals surface area contributed by atoms with Crippen molar-refractivity contribution in [3.8, 4) is 22.6 Å². The van der Waals surface area contributed by atoms with Gasteiger partial charge in [0.1, 0.15) is 5.82 Å². The van der Waals surface area contributed by atoms with Crippen molar-refractivity contribution in [2.24, 2.45) is 0 Å². The number of hydrogen-bond donors (Lipinski definition) is 1. The molecule has 1 N–H and O–H groups in total. The number of aryl methyl sites for hydroxylation is 2. The van der Waals surface area contributed by atoms with Crippen molar-refractivity contribution in [2.45, 2.75) is 39.0 Å². The highest BCUT2D eigenvalue weighted by Gasteiger charge is 2.23. The number of aromatic nitrogens is 3. The summed E-state index contributed by atoms with van der Waals surface area (Å²) in [7, 11) is 3.33. The molecule has 5 rings (SSSR count). The minimum absolute atomic E-state index is 0.750. The van der Waals surface area contributed by atoms with Crippen LogP contribution in [0.5, 0.6) is 11.5 Å². The van der Waals surface area contributed by atoms with Crippen molar-refractivity contribution >= 4 is 11.5 Å². The molecule has 33 heavy (non-hydrogen) atoms. The van der Waals surface area contributed by atoms with E-state index in [1.807, 2.05) is 22.7 Å². The summed E-state index contributed by atoms with van der Waals surface area (Å²) in [6.07, 6.45) is 5.31. The van der Waals surface area contributed by atoms with Crippen molar-refractivity contribution in [3.05, 3.63) is 71.0 Å². The molecule has 6 nitrogen and oxygen atoms in total. The van der Waals surface area contributed by atoms with Crippen molar-refractivity contribution in [3.63, 3.8) is 0 Å². The summed E-state index contributed by atoms with van der Waals surface area (Å²) < 4.78 is 12.9. The largest absolute Gasteiger partial charge is 0.493 e. The molecule has 0 aliphatic heterocycles. The van der Waals surface area contributed by atoms with Crippen molar-refractivity contribution < 1.29 is 9.47 Å². The van der Waals surface area contributed by atoms with Crippen LogP contribution in [0.2, 0.25) is 0 Å². The normalized spacial score (nSPS) is 13.1. The van der Waals surface area contributed by atoms with Crippen LogP contribution < -0.4 is 14.8 Å². The molecule has 0 unspecified atom stereocenters. The van der Waals surface area contributed by atoms with Gasteiger partial charge in [-0.2, -0.15) is 9.61 Å². The van der Waals surface area contributed by atoms with E-state index in [1.54, 1.807) is 14.2 Å². The molecule has 0 bridgehead atoms. The first-order chi connectivity index (χ1) is 16.2. The van der Waals surface area contributed by atoms with Gasteiger partial charge in [-0.1, -0.05) is 36.4 Å². The minimum atomic E-state index is 0.750. The molecule has 0 saturated heterocycles. The highest BCUT2D eigenvalue weighted by molar-refractivity contribution is 5.81. The Morgan fingerprint density at radius 1 is 0.970 bits per heavy atom. The lowest BCUT2D eigenvalue weighted by molar-refractivity contribution is 0.354. The number of ether oxygens (including phenoxy) is 2. The topological polar surface area (TPSA) is 60.7 Å². The summed E-state index contributed by atoms with van der Waals surface area (Å²) in [5, 5.41) is 8.64. The van der Waals surface area contributed by atoms with Gasteiger partial charge in [-0.3, -0.25) is 0 Å². The SMILES string of the molecule is COc1ccc(CCNc2c3c(nc4c(-c5ccccc5)c(C)nn24)CCCC3)cc1OC. The summed E-state index contributed by atoms with van der Waals surface area (Å²) in [5.74, 6) is 2.59. The summed E-state index contributed by atoms with van der Waals surface area (Å²) in [4.78, 5) is 5.11. The van der Waals surface area contributed by atoms with E-state index in [1.165, 1.54) is 29.7 Å². The van der Waals surface area contributed by atoms with E-state index in [0.29, 0.717) is 0 Å². The van der Waals surface area contributed by atoms with E-state index in [-0.39, 0.29) is 0 Å². The Morgan fingerprint density at radius 2 is 1.76 bits per heavy atom. The Bertz CT molecular complexity index is 1280. The van der Waals surface area contributed by atoms with Crippen LogP contribution in [0.25, 0.3) is 16.8 Å². The maximum absolute atomic E-state index is 5.46. The van der Waals surface area contributed by atoms with Gasteiger partial charge in [0.2, 0.25) is 0 Å². The number of benzene rings is 2. The van der Waals surface area contributed by atoms with Gasteiger partial charge in [-0.05, 0) is 62.3 Å². The molecule has 1 aliphatic rings. The molecule has 0 atom stereocenters. The Kier molecular flexibility index (Phi) is 5.90. The van der Waals surface area contributed by atoms with Gasteiger partial charge < -0.3 is 14.8 Å². The van der Waals surface area contributed by atoms with Crippen LogP contribution in [0.1, 0.15) is 35.4 Å². The van der Waals surface area contributed by atoms with Crippen LogP contribution in [0.4, 0.5) is 5.82 Å². The average molecular weight is 443 g/mol. The lowest BCUT2D eigenvalue weighted by atomic mass is 9.96. The molecule has 0 spiro atoms. The first kappa shape index (κ1) is 21.3. The highest BCUT2D eigenvalue weighted by atomic mass is 16.5. The second kappa shape index (κ2) is 9.14. The third-order valence-electron chi connectivity index (χ3n) is 6.43. The minimum Gasteiger partial charge on any atom is -0.493 e. The number of hydrogen-bond acceptors (Lipinski definition) is 5. The standard InChI is InChI=1S/C27H30N4O2/c1-18-25(20-9-5-4-6-10-20)27-29-22-12-8-7-11-21(22)26(31(27)30-18)28-16-15-19-13-14-23(32-2)24(17-19)33-3/h4-6,9-10,13-14,17,28H,7-8,11-12,15-16H2,1-3H3. The Morgan fingerprint density at radius 3 is 2.55 bits per heavy atom. The summed E-state index contributed by atoms with van der Waals surface area (Å²) in [5.41, 5.74) is 7.92. The number of nitrogens with zero attached hydrogens (tertiary/aromatic N) is 3. The molecule has 2 aromatic carbocycles. The molecule has 0 saturated carbocycles. The predicted molar refractivity (Wildman–Crippen MR) is 132 cm³/mol. The van der Waals surface area contributed by atoms with E-state index in [4.69, 9.17) is 19.6 Å². The Balaban J connectivity index is 1.50. The van der Waals surface area contributed by atoms with Gasteiger partial charge in [0.25, 0.3) is 0 Å². The van der Waals surface area contributed by atoms with Crippen molar-refractivity contribution in [2.75, 3.05) is 26.1 Å². The van der Waals surface area contributed by atoms with Crippen molar-refractivity contribution in [1.29, 1.82) is 0 Å². The van der Waals surface area contributed by atoms with Crippen LogP contribution in [-0.2, 0) is 19.3 Å². The van der Waals surface area contributed by atoms with Gasteiger partial charge >= 0.3 is 0 Å². The molecule has 2 aromatic heterocycles. The number of nitrogens with one attached hydrogen (secondary N) is 1. The van der Waals surface area contributed by atoms with E-state index in [9.17, 15) is 0 Å². The second-order valence-electron chi connectivity index (χ2n) is 8.52. The third-order valence-corrected chi connectivity index (χ3v) is 6.43. The van der Waals surface area contributed by atoms with E-state index in [2.05, 4.69) is 42.6 Å². The van der Waals surface area contributed by atoms with Crippen molar-refractivity contribution in [1.82, 2.24) is 14.6 Å². The first-order valence-electron chi connectivity index (χ1n) is 11.6. The lowest BCUT2D eigenvalue weighted by Crippen LogP contribution is -2.17. The maximum Gasteiger partial charge on any atom is 0.165 e. The van der Waals surface area contributed by atoms with Gasteiger partial charge in [0, 0.05) is 23.4 Å². The van der Waals surface area contributed by atoms with Crippen LogP contribution in [0.15, 0.2) is 48.5 Å². The maximum atomic E-state index is 5.46. The quantitative estimate of drug-likeness (QED) is 0.423. The van der Waals surface area contributed by atoms with E-state index < -0.39 is 0 Å². The molecule has 6 heteroatoms. The second-order valence-corrected chi connectivity index (χ2v) is 8.52. The van der Waals surface area contributed by atoms with Gasteiger partial charge in [-0.15, -0.1) is 0 Å². The van der Waals surface area contributed by atoms with E-state index in [0.717, 1.165) is 65.6 Å². The van der Waals surface area contributed by atoms with E-state index >= 15 is 0 Å². The van der Waals surface area contributed by atoms with Crippen LogP contribution >= 0.6 is 0 Å². The fraction of sp³-hybridized carbons (Fsp3) is 0.333. The van der Waals surface area contributed by atoms with Crippen LogP contribution in [-0.4, -0.2) is 35.4 Å². The smallest absolute Gasteiger partial charge is 0.165 e. The molecular weight excluding hydrogens is 412 g/mol. The van der Waals surface area contributed by atoms with Crippen LogP contribution in [0, 0.1) is 6.92 Å². The predicted octanol–water partition coefficient (Wildman–Crippen LogP) is 5.26. The molecule has 4 aromatic rings. The Hall–Kier alpha value is -3.54. The number of rotatable bonds is 7. The fourth-order valence-electron chi connectivity index (χ4n) is 4.78. The molecule has 0 fully saturated rings. The highest BCUT2D eigenvalue weighted by Crippen LogP contribution is 2.34. The zero-order valence-electron chi connectivity index (χ0n) is 19.5. The van der Waals surface area contributed by atoms with Gasteiger partial charge in [-0.25, -0.2) is 4.98 Å². The number of anilines is 1. The van der Waals surface area contributed by atoms with Gasteiger partial charge in [0.15, 0.2) is 17.1 Å². The lowest BCUT2D eigenvalue weighted by Gasteiger charge is -2.21. The van der Waals surface area contributed by atoms with Crippen LogP contribution in [0.3, 0.4) is 0 Å². The third kappa shape index (κ3) is 4.01. The molecular formula is C27H30N4O2. The first-order valence-corrected chi connectivity index (χ1v) is 11.6. The molecule has 0 amide bonds. The molecule has 2 heterocycles. The molecule has 0 radical (unpaired) electrons. The zero-order chi connectivity index (χ0) is 22.8. The monoisotopic (exact) mass is 442 g/mol. The van der Waals surface area contributed by atoms with Gasteiger partial charge in [0.05, 0.1) is 19.9 Å². The summed E-state index contributed by atoms with van der Waals surface area (Å²) in [6.45, 7) is 2.87.